The average molecular weight is 306 g/mol. The van der Waals surface area contributed by atoms with Gasteiger partial charge < -0.3 is 9.73 Å². The van der Waals surface area contributed by atoms with Gasteiger partial charge in [0, 0.05) is 4.47 Å². The van der Waals surface area contributed by atoms with Crippen LogP contribution in [0.4, 0.5) is 5.69 Å². The van der Waals surface area contributed by atoms with Crippen molar-refractivity contribution < 1.29 is 4.42 Å². The predicted molar refractivity (Wildman–Crippen MR) is 72.1 cm³/mol. The van der Waals surface area contributed by atoms with Crippen LogP contribution in [0.15, 0.2) is 33.3 Å². The summed E-state index contributed by atoms with van der Waals surface area (Å²) in [6.07, 6.45) is 1.68. The highest BCUT2D eigenvalue weighted by molar-refractivity contribution is 9.10. The molecule has 0 saturated heterocycles. The van der Waals surface area contributed by atoms with Crippen molar-refractivity contribution in [2.24, 2.45) is 0 Å². The number of anilines is 1. The van der Waals surface area contributed by atoms with Gasteiger partial charge in [0.1, 0.15) is 17.9 Å². The van der Waals surface area contributed by atoms with Gasteiger partial charge in [-0.1, -0.05) is 15.9 Å². The number of hydrogen-bond acceptors (Lipinski definition) is 4. The number of benzene rings is 1. The summed E-state index contributed by atoms with van der Waals surface area (Å²) in [7, 11) is 0. The Morgan fingerprint density at radius 2 is 2.28 bits per heavy atom. The van der Waals surface area contributed by atoms with E-state index in [0.717, 1.165) is 15.9 Å². The van der Waals surface area contributed by atoms with Gasteiger partial charge in [-0.15, -0.1) is 0 Å². The first-order valence-electron chi connectivity index (χ1n) is 5.48. The van der Waals surface area contributed by atoms with Crippen molar-refractivity contribution in [2.75, 3.05) is 5.32 Å². The molecule has 0 fully saturated rings. The van der Waals surface area contributed by atoms with Crippen molar-refractivity contribution in [3.63, 3.8) is 0 Å². The third kappa shape index (κ3) is 2.71. The van der Waals surface area contributed by atoms with Crippen LogP contribution in [-0.2, 0) is 0 Å². The van der Waals surface area contributed by atoms with Gasteiger partial charge in [0.15, 0.2) is 0 Å². The van der Waals surface area contributed by atoms with E-state index < -0.39 is 0 Å². The number of rotatable bonds is 3. The molecule has 0 bridgehead atoms. The van der Waals surface area contributed by atoms with Gasteiger partial charge in [-0.3, -0.25) is 0 Å². The van der Waals surface area contributed by atoms with Gasteiger partial charge >= 0.3 is 0 Å². The van der Waals surface area contributed by atoms with E-state index in [1.807, 2.05) is 26.0 Å². The standard InChI is InChI=1S/C13H12BrN3O/c1-8-7-16-13(18-8)9(2)17-12-4-3-11(14)5-10(12)6-15/h3-5,7,9,17H,1-2H3. The SMILES string of the molecule is Cc1cnc(C(C)Nc2ccc(Br)cc2C#N)o1. The molecule has 2 aromatic rings. The number of nitriles is 1. The first-order valence-corrected chi connectivity index (χ1v) is 6.28. The highest BCUT2D eigenvalue weighted by Gasteiger charge is 2.13. The molecular weight excluding hydrogens is 294 g/mol. The lowest BCUT2D eigenvalue weighted by Gasteiger charge is -2.13. The Bertz CT molecular complexity index is 601. The van der Waals surface area contributed by atoms with Crippen LogP contribution in [0.2, 0.25) is 0 Å². The number of aromatic nitrogens is 1. The first-order chi connectivity index (χ1) is 8.60. The molecule has 0 spiro atoms. The Morgan fingerprint density at radius 3 is 2.89 bits per heavy atom. The van der Waals surface area contributed by atoms with Crippen LogP contribution < -0.4 is 5.32 Å². The number of oxazole rings is 1. The van der Waals surface area contributed by atoms with Crippen molar-refractivity contribution in [2.45, 2.75) is 19.9 Å². The normalized spacial score (nSPS) is 11.9. The Hall–Kier alpha value is -1.80. The molecule has 1 atom stereocenters. The van der Waals surface area contributed by atoms with E-state index in [-0.39, 0.29) is 6.04 Å². The predicted octanol–water partition coefficient (Wildman–Crippen LogP) is 3.79. The molecule has 1 unspecified atom stereocenters. The summed E-state index contributed by atoms with van der Waals surface area (Å²) >= 11 is 3.34. The van der Waals surface area contributed by atoms with E-state index in [1.165, 1.54) is 0 Å². The Balaban J connectivity index is 2.22. The maximum Gasteiger partial charge on any atom is 0.216 e. The quantitative estimate of drug-likeness (QED) is 0.937. The fraction of sp³-hybridized carbons (Fsp3) is 0.231. The van der Waals surface area contributed by atoms with Crippen molar-refractivity contribution in [3.8, 4) is 6.07 Å². The van der Waals surface area contributed by atoms with Crippen LogP contribution in [0, 0.1) is 18.3 Å². The number of nitrogens with one attached hydrogen (secondary N) is 1. The van der Waals surface area contributed by atoms with E-state index in [0.29, 0.717) is 11.5 Å². The van der Waals surface area contributed by atoms with Gasteiger partial charge in [-0.25, -0.2) is 4.98 Å². The van der Waals surface area contributed by atoms with Crippen molar-refractivity contribution in [1.82, 2.24) is 4.98 Å². The van der Waals surface area contributed by atoms with E-state index >= 15 is 0 Å². The molecule has 1 aromatic carbocycles. The van der Waals surface area contributed by atoms with Gasteiger partial charge in [0.05, 0.1) is 17.4 Å². The van der Waals surface area contributed by atoms with Gasteiger partial charge in [-0.2, -0.15) is 5.26 Å². The third-order valence-corrected chi connectivity index (χ3v) is 2.98. The van der Waals surface area contributed by atoms with Crippen LogP contribution >= 0.6 is 15.9 Å². The zero-order valence-corrected chi connectivity index (χ0v) is 11.7. The first kappa shape index (κ1) is 12.7. The molecule has 1 aromatic heterocycles. The van der Waals surface area contributed by atoms with Crippen LogP contribution in [0.5, 0.6) is 0 Å². The summed E-state index contributed by atoms with van der Waals surface area (Å²) in [4.78, 5) is 4.16. The zero-order chi connectivity index (χ0) is 13.1. The highest BCUT2D eigenvalue weighted by atomic mass is 79.9. The Morgan fingerprint density at radius 1 is 1.50 bits per heavy atom. The van der Waals surface area contributed by atoms with Crippen LogP contribution in [-0.4, -0.2) is 4.98 Å². The fourth-order valence-corrected chi connectivity index (χ4v) is 1.96. The molecule has 1 heterocycles. The second kappa shape index (κ2) is 5.23. The largest absolute Gasteiger partial charge is 0.444 e. The molecule has 0 saturated carbocycles. The summed E-state index contributed by atoms with van der Waals surface area (Å²) in [5.74, 6) is 1.38. The monoisotopic (exact) mass is 305 g/mol. The molecule has 0 amide bonds. The second-order valence-electron chi connectivity index (χ2n) is 3.98. The van der Waals surface area contributed by atoms with Crippen molar-refractivity contribution >= 4 is 21.6 Å². The van der Waals surface area contributed by atoms with Crippen LogP contribution in [0.3, 0.4) is 0 Å². The molecule has 1 N–H and O–H groups in total. The smallest absolute Gasteiger partial charge is 0.216 e. The topological polar surface area (TPSA) is 61.9 Å². The molecule has 4 nitrogen and oxygen atoms in total. The molecule has 0 aliphatic rings. The number of hydrogen-bond donors (Lipinski definition) is 1. The van der Waals surface area contributed by atoms with Crippen LogP contribution in [0.25, 0.3) is 0 Å². The minimum absolute atomic E-state index is 0.0908. The molecule has 18 heavy (non-hydrogen) atoms. The van der Waals surface area contributed by atoms with E-state index in [4.69, 9.17) is 9.68 Å². The zero-order valence-electron chi connectivity index (χ0n) is 10.1. The third-order valence-electron chi connectivity index (χ3n) is 2.48. The van der Waals surface area contributed by atoms with E-state index in [9.17, 15) is 0 Å². The van der Waals surface area contributed by atoms with Crippen LogP contribution in [0.1, 0.15) is 30.2 Å². The lowest BCUT2D eigenvalue weighted by Crippen LogP contribution is -2.08. The maximum absolute atomic E-state index is 9.08. The summed E-state index contributed by atoms with van der Waals surface area (Å²) in [6, 6.07) is 7.58. The summed E-state index contributed by atoms with van der Waals surface area (Å²) in [5.41, 5.74) is 1.35. The van der Waals surface area contributed by atoms with Gasteiger partial charge in [0.2, 0.25) is 5.89 Å². The van der Waals surface area contributed by atoms with E-state index in [1.54, 1.807) is 12.3 Å². The van der Waals surface area contributed by atoms with Gasteiger partial charge in [0.25, 0.3) is 0 Å². The molecule has 2 rings (SSSR count). The molecule has 0 aliphatic carbocycles. The average Bonchev–Trinajstić information content (AvgIpc) is 2.78. The minimum Gasteiger partial charge on any atom is -0.444 e. The fourth-order valence-electron chi connectivity index (χ4n) is 1.60. The molecule has 0 aliphatic heterocycles. The molecule has 92 valence electrons. The summed E-state index contributed by atoms with van der Waals surface area (Å²) in [5, 5.41) is 12.3. The maximum atomic E-state index is 9.08. The summed E-state index contributed by atoms with van der Waals surface area (Å²) < 4.78 is 6.33. The number of halogens is 1. The summed E-state index contributed by atoms with van der Waals surface area (Å²) in [6.45, 7) is 3.79. The van der Waals surface area contributed by atoms with Gasteiger partial charge in [-0.05, 0) is 32.0 Å². The molecule has 5 heteroatoms. The number of aryl methyl sites for hydroxylation is 1. The minimum atomic E-state index is -0.0908. The van der Waals surface area contributed by atoms with E-state index in [2.05, 4.69) is 32.3 Å². The second-order valence-corrected chi connectivity index (χ2v) is 4.89. The molecular formula is C13H12BrN3O. The highest BCUT2D eigenvalue weighted by Crippen LogP contribution is 2.24. The lowest BCUT2D eigenvalue weighted by atomic mass is 10.2. The van der Waals surface area contributed by atoms with Crippen molar-refractivity contribution in [1.29, 1.82) is 5.26 Å². The molecule has 0 radical (unpaired) electrons. The Labute approximate surface area is 114 Å². The Kier molecular flexibility index (Phi) is 3.68. The van der Waals surface area contributed by atoms with Crippen molar-refractivity contribution in [3.05, 3.63) is 46.1 Å². The number of nitrogens with zero attached hydrogens (tertiary/aromatic N) is 2. The lowest BCUT2D eigenvalue weighted by molar-refractivity contribution is 0.453.